The summed E-state index contributed by atoms with van der Waals surface area (Å²) in [6.07, 6.45) is 4.91. The van der Waals surface area contributed by atoms with Gasteiger partial charge in [-0.2, -0.15) is 0 Å². The molecule has 2 heterocycles. The van der Waals surface area contributed by atoms with E-state index < -0.39 is 0 Å². The smallest absolute Gasteiger partial charge is 0.272 e. The fourth-order valence-electron chi connectivity index (χ4n) is 2.70. The molecule has 0 aliphatic carbocycles. The molecule has 1 saturated heterocycles. The van der Waals surface area contributed by atoms with Gasteiger partial charge >= 0.3 is 0 Å². The number of rotatable bonds is 4. The molecule has 1 fully saturated rings. The van der Waals surface area contributed by atoms with Crippen molar-refractivity contribution in [3.63, 3.8) is 0 Å². The number of hydrogen-bond acceptors (Lipinski definition) is 4. The van der Waals surface area contributed by atoms with Crippen LogP contribution in [0.5, 0.6) is 0 Å². The lowest BCUT2D eigenvalue weighted by Crippen LogP contribution is -2.32. The topological polar surface area (TPSA) is 71.2 Å². The molecule has 0 aromatic carbocycles. The first-order valence-corrected chi connectivity index (χ1v) is 6.86. The number of anilines is 1. The molecule has 1 aliphatic heterocycles. The Morgan fingerprint density at radius 2 is 2.21 bits per heavy atom. The number of nitrogens with two attached hydrogens (primary N) is 1. The van der Waals surface area contributed by atoms with Gasteiger partial charge in [-0.3, -0.25) is 10.6 Å². The molecule has 0 radical (unpaired) electrons. The summed E-state index contributed by atoms with van der Waals surface area (Å²) in [5, 5.41) is 0. The van der Waals surface area contributed by atoms with Crippen LogP contribution in [0.3, 0.4) is 0 Å². The number of pyridine rings is 1. The van der Waals surface area contributed by atoms with E-state index in [9.17, 15) is 4.79 Å². The highest BCUT2D eigenvalue weighted by Crippen LogP contribution is 2.37. The molecule has 1 aliphatic rings. The lowest BCUT2D eigenvalue weighted by atomic mass is 9.82. The van der Waals surface area contributed by atoms with Gasteiger partial charge < -0.3 is 10.3 Å². The van der Waals surface area contributed by atoms with Crippen molar-refractivity contribution >= 4 is 11.6 Å². The normalized spacial score (nSPS) is 17.5. The molecule has 0 spiro atoms. The Hall–Kier alpha value is -1.62. The Balaban J connectivity index is 2.08. The van der Waals surface area contributed by atoms with Crippen molar-refractivity contribution in [2.75, 3.05) is 18.5 Å². The Kier molecular flexibility index (Phi) is 4.04. The summed E-state index contributed by atoms with van der Waals surface area (Å²) in [5.41, 5.74) is 4.00. The number of hydrogen-bond donors (Lipinski definition) is 2. The van der Waals surface area contributed by atoms with Gasteiger partial charge in [0.15, 0.2) is 0 Å². The van der Waals surface area contributed by atoms with Crippen LogP contribution in [0.1, 0.15) is 43.6 Å². The van der Waals surface area contributed by atoms with E-state index in [1.807, 2.05) is 4.90 Å². The minimum Gasteiger partial charge on any atom is -0.337 e. The molecule has 0 unspecified atom stereocenters. The number of carbonyl (C=O) groups is 1. The average Bonchev–Trinajstić information content (AvgIpc) is 2.92. The van der Waals surface area contributed by atoms with E-state index >= 15 is 0 Å². The van der Waals surface area contributed by atoms with Gasteiger partial charge in [0.2, 0.25) is 0 Å². The second-order valence-electron chi connectivity index (χ2n) is 5.26. The van der Waals surface area contributed by atoms with E-state index in [4.69, 9.17) is 5.84 Å². The highest BCUT2D eigenvalue weighted by molar-refractivity contribution is 5.92. The van der Waals surface area contributed by atoms with Gasteiger partial charge in [-0.25, -0.2) is 4.98 Å². The Morgan fingerprint density at radius 1 is 1.47 bits per heavy atom. The number of amides is 1. The number of nitrogens with zero attached hydrogens (tertiary/aromatic N) is 2. The van der Waals surface area contributed by atoms with Gasteiger partial charge in [-0.05, 0) is 36.8 Å². The minimum absolute atomic E-state index is 0.0207. The van der Waals surface area contributed by atoms with Crippen LogP contribution in [-0.2, 0) is 0 Å². The Labute approximate surface area is 114 Å². The molecule has 104 valence electrons. The maximum Gasteiger partial charge on any atom is 0.272 e. The monoisotopic (exact) mass is 262 g/mol. The van der Waals surface area contributed by atoms with E-state index in [-0.39, 0.29) is 5.91 Å². The number of carbonyl (C=O) groups excluding carboxylic acids is 1. The minimum atomic E-state index is 0.0207. The number of aromatic nitrogens is 1. The fourth-order valence-corrected chi connectivity index (χ4v) is 2.70. The predicted octanol–water partition coefficient (Wildman–Crippen LogP) is 2.02. The van der Waals surface area contributed by atoms with Gasteiger partial charge in [0.1, 0.15) is 5.69 Å². The molecule has 0 atom stereocenters. The van der Waals surface area contributed by atoms with Crippen LogP contribution >= 0.6 is 0 Å². The first kappa shape index (κ1) is 13.8. The van der Waals surface area contributed by atoms with Gasteiger partial charge in [0, 0.05) is 13.1 Å². The molecular formula is C14H22N4O. The zero-order valence-electron chi connectivity index (χ0n) is 11.6. The van der Waals surface area contributed by atoms with Crippen molar-refractivity contribution in [1.82, 2.24) is 9.88 Å². The zero-order chi connectivity index (χ0) is 13.9. The maximum absolute atomic E-state index is 12.4. The molecule has 3 N–H and O–H groups in total. The molecule has 1 amide bonds. The molecule has 5 nitrogen and oxygen atoms in total. The third kappa shape index (κ3) is 2.71. The molecule has 2 rings (SSSR count). The van der Waals surface area contributed by atoms with E-state index in [1.54, 1.807) is 18.3 Å². The third-order valence-corrected chi connectivity index (χ3v) is 4.37. The van der Waals surface area contributed by atoms with Crippen LogP contribution in [0.4, 0.5) is 5.69 Å². The summed E-state index contributed by atoms with van der Waals surface area (Å²) in [7, 11) is 0. The number of nitrogen functional groups attached to an aromatic ring is 1. The summed E-state index contributed by atoms with van der Waals surface area (Å²) < 4.78 is 0. The van der Waals surface area contributed by atoms with Crippen molar-refractivity contribution < 1.29 is 4.79 Å². The third-order valence-electron chi connectivity index (χ3n) is 4.37. The predicted molar refractivity (Wildman–Crippen MR) is 75.6 cm³/mol. The van der Waals surface area contributed by atoms with Crippen LogP contribution < -0.4 is 11.3 Å². The highest BCUT2D eigenvalue weighted by atomic mass is 16.2. The molecule has 1 aromatic rings. The van der Waals surface area contributed by atoms with E-state index in [1.165, 1.54) is 0 Å². The summed E-state index contributed by atoms with van der Waals surface area (Å²) in [6, 6.07) is 3.48. The molecule has 0 bridgehead atoms. The summed E-state index contributed by atoms with van der Waals surface area (Å²) >= 11 is 0. The molecule has 1 aromatic heterocycles. The first-order chi connectivity index (χ1) is 9.14. The summed E-state index contributed by atoms with van der Waals surface area (Å²) in [5.74, 6) is 5.31. The second-order valence-corrected chi connectivity index (χ2v) is 5.26. The molecule has 19 heavy (non-hydrogen) atoms. The Bertz CT molecular complexity index is 439. The average molecular weight is 262 g/mol. The van der Waals surface area contributed by atoms with E-state index in [0.29, 0.717) is 16.8 Å². The van der Waals surface area contributed by atoms with Crippen molar-refractivity contribution in [3.8, 4) is 0 Å². The van der Waals surface area contributed by atoms with Gasteiger partial charge in [0.05, 0.1) is 11.9 Å². The first-order valence-electron chi connectivity index (χ1n) is 6.86. The largest absolute Gasteiger partial charge is 0.337 e. The number of nitrogens with one attached hydrogen (secondary N) is 1. The van der Waals surface area contributed by atoms with Crippen LogP contribution in [0, 0.1) is 5.41 Å². The maximum atomic E-state index is 12.4. The molecule has 0 saturated carbocycles. The summed E-state index contributed by atoms with van der Waals surface area (Å²) in [6.45, 7) is 6.09. The van der Waals surface area contributed by atoms with Crippen molar-refractivity contribution in [3.05, 3.63) is 24.0 Å². The van der Waals surface area contributed by atoms with Crippen LogP contribution in [0.15, 0.2) is 18.3 Å². The van der Waals surface area contributed by atoms with Crippen LogP contribution in [0.2, 0.25) is 0 Å². The number of likely N-dealkylation sites (tertiary alicyclic amines) is 1. The van der Waals surface area contributed by atoms with Crippen molar-refractivity contribution in [2.24, 2.45) is 11.3 Å². The second kappa shape index (κ2) is 5.57. The van der Waals surface area contributed by atoms with Crippen molar-refractivity contribution in [1.29, 1.82) is 0 Å². The fraction of sp³-hybridized carbons (Fsp3) is 0.571. The van der Waals surface area contributed by atoms with E-state index in [2.05, 4.69) is 24.3 Å². The Morgan fingerprint density at radius 3 is 2.68 bits per heavy atom. The molecular weight excluding hydrogens is 240 g/mol. The SMILES string of the molecule is CCC1(CC)CCN(C(=O)c2ccc(NN)cn2)C1. The van der Waals surface area contributed by atoms with Crippen LogP contribution in [0.25, 0.3) is 0 Å². The molecule has 5 heteroatoms. The summed E-state index contributed by atoms with van der Waals surface area (Å²) in [4.78, 5) is 18.5. The quantitative estimate of drug-likeness (QED) is 0.643. The highest BCUT2D eigenvalue weighted by Gasteiger charge is 2.37. The lowest BCUT2D eigenvalue weighted by Gasteiger charge is -2.26. The van der Waals surface area contributed by atoms with Gasteiger partial charge in [0.25, 0.3) is 5.91 Å². The zero-order valence-corrected chi connectivity index (χ0v) is 11.6. The van der Waals surface area contributed by atoms with Crippen LogP contribution in [-0.4, -0.2) is 28.9 Å². The van der Waals surface area contributed by atoms with E-state index in [0.717, 1.165) is 32.4 Å². The van der Waals surface area contributed by atoms with Crippen molar-refractivity contribution in [2.45, 2.75) is 33.1 Å². The lowest BCUT2D eigenvalue weighted by molar-refractivity contribution is 0.0764. The van der Waals surface area contributed by atoms with Gasteiger partial charge in [-0.15, -0.1) is 0 Å². The number of hydrazine groups is 1. The van der Waals surface area contributed by atoms with Gasteiger partial charge in [-0.1, -0.05) is 13.8 Å². The standard InChI is InChI=1S/C14H22N4O/c1-3-14(4-2)7-8-18(10-14)13(19)12-6-5-11(17-15)9-16-12/h5-6,9,17H,3-4,7-8,10,15H2,1-2H3.